The first-order valence-corrected chi connectivity index (χ1v) is 12.4. The summed E-state index contributed by atoms with van der Waals surface area (Å²) in [6.07, 6.45) is 0.581. The van der Waals surface area contributed by atoms with Crippen LogP contribution in [-0.2, 0) is 20.7 Å². The smallest absolute Gasteiger partial charge is 0.495 e. The van der Waals surface area contributed by atoms with Gasteiger partial charge in [-0.15, -0.1) is 0 Å². The molecule has 0 aliphatic carbocycles. The maximum absolute atomic E-state index is 15.4. The van der Waals surface area contributed by atoms with Crippen LogP contribution < -0.4 is 10.7 Å². The summed E-state index contributed by atoms with van der Waals surface area (Å²) in [6, 6.07) is 8.13. The van der Waals surface area contributed by atoms with Crippen molar-refractivity contribution in [2.24, 2.45) is 5.41 Å². The normalized spacial score (nSPS) is 14.4. The molecule has 0 aromatic heterocycles. The molecule has 2 N–H and O–H groups in total. The fourth-order valence-electron chi connectivity index (χ4n) is 4.54. The van der Waals surface area contributed by atoms with Crippen molar-refractivity contribution in [3.63, 3.8) is 0 Å². The molecule has 1 fully saturated rings. The lowest BCUT2D eigenvalue weighted by Gasteiger charge is -2.39. The molecule has 0 bridgehead atoms. The van der Waals surface area contributed by atoms with E-state index in [4.69, 9.17) is 9.31 Å². The van der Waals surface area contributed by atoms with Crippen LogP contribution in [-0.4, -0.2) is 42.6 Å². The first-order valence-electron chi connectivity index (χ1n) is 12.4. The van der Waals surface area contributed by atoms with Gasteiger partial charge in [-0.3, -0.25) is 25.0 Å². The van der Waals surface area contributed by atoms with Crippen LogP contribution >= 0.6 is 0 Å². The number of rotatable bonds is 7. The fourth-order valence-corrected chi connectivity index (χ4v) is 4.54. The number of hydrazine groups is 1. The van der Waals surface area contributed by atoms with Crippen molar-refractivity contribution in [2.75, 3.05) is 6.54 Å². The molecule has 0 saturated carbocycles. The molecule has 198 valence electrons. The average Bonchev–Trinajstić information content (AvgIpc) is 3.22. The predicted octanol–water partition coefficient (Wildman–Crippen LogP) is 4.01. The van der Waals surface area contributed by atoms with Gasteiger partial charge in [0.25, 0.3) is 11.8 Å². The zero-order chi connectivity index (χ0) is 27.5. The van der Waals surface area contributed by atoms with Crippen molar-refractivity contribution in [1.82, 2.24) is 15.7 Å². The quantitative estimate of drug-likeness (QED) is 0.431. The van der Waals surface area contributed by atoms with Gasteiger partial charge in [-0.25, -0.2) is 9.40 Å². The zero-order valence-corrected chi connectivity index (χ0v) is 22.5. The fraction of sp³-hybridized carbons (Fsp3) is 0.444. The van der Waals surface area contributed by atoms with Crippen LogP contribution in [0.15, 0.2) is 30.3 Å². The lowest BCUT2D eigenvalue weighted by Crippen LogP contribution is -2.56. The molecule has 2 aromatic rings. The Kier molecular flexibility index (Phi) is 8.76. The molecule has 1 aliphatic heterocycles. The van der Waals surface area contributed by atoms with Gasteiger partial charge in [0.2, 0.25) is 0 Å². The summed E-state index contributed by atoms with van der Waals surface area (Å²) >= 11 is 0. The third-order valence-corrected chi connectivity index (χ3v) is 6.39. The number of halogens is 1. The molecule has 0 radical (unpaired) electrons. The Morgan fingerprint density at radius 1 is 1.19 bits per heavy atom. The van der Waals surface area contributed by atoms with Gasteiger partial charge >= 0.3 is 13.2 Å². The second-order valence-corrected chi connectivity index (χ2v) is 10.5. The van der Waals surface area contributed by atoms with Gasteiger partial charge in [0.1, 0.15) is 5.82 Å². The summed E-state index contributed by atoms with van der Waals surface area (Å²) in [6.45, 7) is 13.3. The molecule has 3 rings (SSSR count). The van der Waals surface area contributed by atoms with Crippen LogP contribution in [0.1, 0.15) is 77.1 Å². The Labute approximate surface area is 218 Å². The topological polar surface area (TPSA) is 97.0 Å². The highest BCUT2D eigenvalue weighted by Crippen LogP contribution is 2.28. The molecule has 1 saturated heterocycles. The van der Waals surface area contributed by atoms with E-state index in [0.717, 1.165) is 11.1 Å². The van der Waals surface area contributed by atoms with E-state index in [2.05, 4.69) is 10.7 Å². The van der Waals surface area contributed by atoms with E-state index in [1.165, 1.54) is 11.1 Å². The van der Waals surface area contributed by atoms with E-state index in [1.54, 1.807) is 25.1 Å². The minimum atomic E-state index is -0.897. The second-order valence-electron chi connectivity index (χ2n) is 10.5. The van der Waals surface area contributed by atoms with Crippen molar-refractivity contribution in [1.29, 1.82) is 0 Å². The summed E-state index contributed by atoms with van der Waals surface area (Å²) in [5.74, 6) is -2.22. The Bertz CT molecular complexity index is 1180. The molecule has 10 heteroatoms. The molecule has 2 amide bonds. The van der Waals surface area contributed by atoms with Crippen molar-refractivity contribution in [3.8, 4) is 0 Å². The van der Waals surface area contributed by atoms with Gasteiger partial charge in [0.15, 0.2) is 0 Å². The molecule has 1 atom stereocenters. The molecule has 37 heavy (non-hydrogen) atoms. The van der Waals surface area contributed by atoms with Crippen LogP contribution in [0, 0.1) is 32.0 Å². The second kappa shape index (κ2) is 11.4. The summed E-state index contributed by atoms with van der Waals surface area (Å²) in [5.41, 5.74) is 5.20. The number of benzene rings is 2. The van der Waals surface area contributed by atoms with Crippen LogP contribution in [0.25, 0.3) is 0 Å². The van der Waals surface area contributed by atoms with Crippen molar-refractivity contribution in [2.45, 2.75) is 67.5 Å². The average molecular weight is 511 g/mol. The number of carbonyl (C=O) groups is 3. The molecule has 0 spiro atoms. The highest BCUT2D eigenvalue weighted by Gasteiger charge is 2.35. The number of hydrogen-bond acceptors (Lipinski definition) is 6. The Balaban J connectivity index is 1.87. The van der Waals surface area contributed by atoms with Crippen LogP contribution in [0.2, 0.25) is 0 Å². The third kappa shape index (κ3) is 6.75. The molecular weight excluding hydrogens is 476 g/mol. The van der Waals surface area contributed by atoms with E-state index in [9.17, 15) is 14.4 Å². The lowest BCUT2D eigenvalue weighted by atomic mass is 9.84. The third-order valence-electron chi connectivity index (χ3n) is 6.39. The lowest BCUT2D eigenvalue weighted by molar-refractivity contribution is -0.132. The Morgan fingerprint density at radius 3 is 2.38 bits per heavy atom. The summed E-state index contributed by atoms with van der Waals surface area (Å²) in [7, 11) is -0.897. The Hall–Kier alpha value is -3.24. The van der Waals surface area contributed by atoms with Crippen molar-refractivity contribution in [3.05, 3.63) is 69.5 Å². The highest BCUT2D eigenvalue weighted by atomic mass is 19.1. The molecule has 1 heterocycles. The molecule has 2 aromatic carbocycles. The maximum Gasteiger partial charge on any atom is 0.628 e. The van der Waals surface area contributed by atoms with Gasteiger partial charge in [-0.1, -0.05) is 51.0 Å². The van der Waals surface area contributed by atoms with Crippen molar-refractivity contribution >= 4 is 25.0 Å². The number of carbonyl (C=O) groups excluding carboxylic acids is 3. The van der Waals surface area contributed by atoms with Gasteiger partial charge in [0, 0.05) is 5.56 Å². The van der Waals surface area contributed by atoms with E-state index >= 15 is 4.39 Å². The van der Waals surface area contributed by atoms with Gasteiger partial charge < -0.3 is 9.31 Å². The zero-order valence-electron chi connectivity index (χ0n) is 22.5. The number of amides is 2. The summed E-state index contributed by atoms with van der Waals surface area (Å²) < 4.78 is 25.7. The van der Waals surface area contributed by atoms with Gasteiger partial charge in [0.05, 0.1) is 24.8 Å². The van der Waals surface area contributed by atoms with E-state index in [0.29, 0.717) is 17.5 Å². The van der Waals surface area contributed by atoms with Crippen LogP contribution in [0.3, 0.4) is 0 Å². The molecular formula is C27H35BFN3O5. The van der Waals surface area contributed by atoms with E-state index in [-0.39, 0.29) is 41.6 Å². The monoisotopic (exact) mass is 511 g/mol. The van der Waals surface area contributed by atoms with E-state index < -0.39 is 24.9 Å². The standard InChI is InChI=1S/C27H35BFN3O5/c1-8-22(27(5,6)7)32(26(35)20-12-16(2)11-17(3)13-20)31-25(34)21-10-9-19(18(4)24(21)29)15-36-28-30-14-23(33)37-28/h9-13,22,30H,8,14-15H2,1-7H3,(H,31,34)/t22-/m1/s1. The minimum Gasteiger partial charge on any atom is -0.495 e. The molecule has 1 aliphatic rings. The summed E-state index contributed by atoms with van der Waals surface area (Å²) in [5, 5.41) is 4.07. The highest BCUT2D eigenvalue weighted by molar-refractivity contribution is 6.46. The maximum atomic E-state index is 15.4. The number of aryl methyl sites for hydroxylation is 2. The van der Waals surface area contributed by atoms with Gasteiger partial charge in [-0.2, -0.15) is 0 Å². The minimum absolute atomic E-state index is 0.0190. The number of nitrogens with zero attached hydrogens (tertiary/aromatic N) is 1. The Morgan fingerprint density at radius 2 is 1.84 bits per heavy atom. The number of hydrogen-bond donors (Lipinski definition) is 2. The first kappa shape index (κ1) is 28.3. The van der Waals surface area contributed by atoms with E-state index in [1.807, 2.05) is 47.6 Å². The predicted molar refractivity (Wildman–Crippen MR) is 139 cm³/mol. The SMILES string of the molecule is CC[C@@H](N(NC(=O)c1ccc(COB2NCC(=O)O2)c(C)c1F)C(=O)c1cc(C)cc(C)c1)C(C)(C)C. The van der Waals surface area contributed by atoms with Crippen molar-refractivity contribution < 1.29 is 28.1 Å². The number of nitrogens with one attached hydrogen (secondary N) is 2. The van der Waals surface area contributed by atoms with Crippen LogP contribution in [0.4, 0.5) is 4.39 Å². The molecule has 8 nitrogen and oxygen atoms in total. The van der Waals surface area contributed by atoms with Gasteiger partial charge in [-0.05, 0) is 61.9 Å². The summed E-state index contributed by atoms with van der Waals surface area (Å²) in [4.78, 5) is 38.2. The largest absolute Gasteiger partial charge is 0.628 e. The molecule has 0 unspecified atom stereocenters. The first-order chi connectivity index (χ1) is 17.3. The van der Waals surface area contributed by atoms with Crippen LogP contribution in [0.5, 0.6) is 0 Å².